The summed E-state index contributed by atoms with van der Waals surface area (Å²) in [6.45, 7) is 2.51. The van der Waals surface area contributed by atoms with Gasteiger partial charge in [0.2, 0.25) is 5.91 Å². The summed E-state index contributed by atoms with van der Waals surface area (Å²) in [7, 11) is 0. The van der Waals surface area contributed by atoms with E-state index in [0.29, 0.717) is 24.5 Å². The Morgan fingerprint density at radius 2 is 1.88 bits per heavy atom. The number of rotatable bonds is 7. The van der Waals surface area contributed by atoms with Crippen molar-refractivity contribution in [3.8, 4) is 0 Å². The standard InChI is InChI=1S/C20H20FN3OS/c1-15-13-19(24(23-15)14-16-5-3-2-4-6-16)22-20(25)11-12-26-18-9-7-17(21)8-10-18/h2-10,13H,11-12,14H2,1H3,(H,22,25). The first-order chi connectivity index (χ1) is 12.6. The fourth-order valence-electron chi connectivity index (χ4n) is 2.52. The number of hydrogen-bond acceptors (Lipinski definition) is 3. The molecule has 1 aromatic heterocycles. The van der Waals surface area contributed by atoms with Gasteiger partial charge in [0.15, 0.2) is 0 Å². The number of carbonyl (C=O) groups excluding carboxylic acids is 1. The lowest BCUT2D eigenvalue weighted by Gasteiger charge is -2.09. The second-order valence-electron chi connectivity index (χ2n) is 5.91. The van der Waals surface area contributed by atoms with Crippen molar-refractivity contribution in [2.75, 3.05) is 11.1 Å². The third-order valence-electron chi connectivity index (χ3n) is 3.76. The molecule has 1 N–H and O–H groups in total. The Hall–Kier alpha value is -2.60. The average Bonchev–Trinajstić information content (AvgIpc) is 2.96. The molecule has 0 radical (unpaired) electrons. The van der Waals surface area contributed by atoms with Gasteiger partial charge >= 0.3 is 0 Å². The number of aromatic nitrogens is 2. The van der Waals surface area contributed by atoms with Crippen molar-refractivity contribution < 1.29 is 9.18 Å². The first-order valence-corrected chi connectivity index (χ1v) is 9.35. The number of benzene rings is 2. The van der Waals surface area contributed by atoms with Gasteiger partial charge in [-0.25, -0.2) is 9.07 Å². The predicted molar refractivity (Wildman–Crippen MR) is 103 cm³/mol. The second kappa shape index (κ2) is 8.67. The van der Waals surface area contributed by atoms with E-state index < -0.39 is 0 Å². The maximum absolute atomic E-state index is 12.9. The van der Waals surface area contributed by atoms with Crippen LogP contribution in [0, 0.1) is 12.7 Å². The topological polar surface area (TPSA) is 46.9 Å². The summed E-state index contributed by atoms with van der Waals surface area (Å²) in [5.74, 6) is 1.01. The van der Waals surface area contributed by atoms with Gasteiger partial charge in [-0.05, 0) is 36.8 Å². The van der Waals surface area contributed by atoms with E-state index in [9.17, 15) is 9.18 Å². The monoisotopic (exact) mass is 369 g/mol. The zero-order chi connectivity index (χ0) is 18.4. The van der Waals surface area contributed by atoms with E-state index in [1.165, 1.54) is 23.9 Å². The normalized spacial score (nSPS) is 10.7. The minimum Gasteiger partial charge on any atom is -0.311 e. The molecule has 6 heteroatoms. The minimum atomic E-state index is -0.255. The van der Waals surface area contributed by atoms with Crippen LogP contribution in [0.2, 0.25) is 0 Å². The van der Waals surface area contributed by atoms with Gasteiger partial charge in [-0.1, -0.05) is 30.3 Å². The SMILES string of the molecule is Cc1cc(NC(=O)CCSc2ccc(F)cc2)n(Cc2ccccc2)n1. The van der Waals surface area contributed by atoms with Crippen molar-refractivity contribution in [2.45, 2.75) is 24.8 Å². The smallest absolute Gasteiger partial charge is 0.226 e. The Labute approximate surface area is 156 Å². The molecule has 0 saturated heterocycles. The Morgan fingerprint density at radius 1 is 1.15 bits per heavy atom. The van der Waals surface area contributed by atoms with Gasteiger partial charge in [0.1, 0.15) is 11.6 Å². The van der Waals surface area contributed by atoms with Crippen molar-refractivity contribution in [1.82, 2.24) is 9.78 Å². The predicted octanol–water partition coefficient (Wildman–Crippen LogP) is 4.50. The van der Waals surface area contributed by atoms with Crippen LogP contribution in [-0.4, -0.2) is 21.4 Å². The number of thioether (sulfide) groups is 1. The van der Waals surface area contributed by atoms with Crippen LogP contribution in [0.1, 0.15) is 17.7 Å². The second-order valence-corrected chi connectivity index (χ2v) is 7.08. The van der Waals surface area contributed by atoms with Crippen molar-refractivity contribution in [1.29, 1.82) is 0 Å². The van der Waals surface area contributed by atoms with Gasteiger partial charge in [0.25, 0.3) is 0 Å². The Balaban J connectivity index is 1.54. The zero-order valence-electron chi connectivity index (χ0n) is 14.5. The quantitative estimate of drug-likeness (QED) is 0.624. The van der Waals surface area contributed by atoms with Gasteiger partial charge in [-0.2, -0.15) is 5.10 Å². The molecule has 3 aromatic rings. The van der Waals surface area contributed by atoms with Crippen molar-refractivity contribution in [3.63, 3.8) is 0 Å². The first kappa shape index (κ1) is 18.2. The van der Waals surface area contributed by atoms with Crippen LogP contribution in [0.5, 0.6) is 0 Å². The summed E-state index contributed by atoms with van der Waals surface area (Å²) in [6.07, 6.45) is 0.373. The van der Waals surface area contributed by atoms with Crippen LogP contribution in [0.3, 0.4) is 0 Å². The minimum absolute atomic E-state index is 0.0613. The highest BCUT2D eigenvalue weighted by Crippen LogP contribution is 2.19. The molecular formula is C20H20FN3OS. The van der Waals surface area contributed by atoms with Gasteiger partial charge in [0, 0.05) is 23.1 Å². The van der Waals surface area contributed by atoms with Crippen LogP contribution in [-0.2, 0) is 11.3 Å². The highest BCUT2D eigenvalue weighted by Gasteiger charge is 2.10. The molecule has 0 fully saturated rings. The molecule has 1 amide bonds. The Morgan fingerprint density at radius 3 is 2.62 bits per heavy atom. The van der Waals surface area contributed by atoms with Crippen molar-refractivity contribution in [3.05, 3.63) is 77.7 Å². The number of aryl methyl sites for hydroxylation is 1. The number of amides is 1. The molecule has 0 aliphatic carbocycles. The van der Waals surface area contributed by atoms with Crippen LogP contribution in [0.25, 0.3) is 0 Å². The molecule has 0 bridgehead atoms. The van der Waals surface area contributed by atoms with Crippen molar-refractivity contribution >= 4 is 23.5 Å². The lowest BCUT2D eigenvalue weighted by Crippen LogP contribution is -2.16. The molecule has 1 heterocycles. The molecule has 134 valence electrons. The molecule has 0 saturated carbocycles. The van der Waals surface area contributed by atoms with E-state index in [2.05, 4.69) is 10.4 Å². The number of hydrogen-bond donors (Lipinski definition) is 1. The fraction of sp³-hybridized carbons (Fsp3) is 0.200. The van der Waals surface area contributed by atoms with E-state index in [1.807, 2.05) is 43.3 Å². The first-order valence-electron chi connectivity index (χ1n) is 8.37. The average molecular weight is 369 g/mol. The van der Waals surface area contributed by atoms with Gasteiger partial charge in [-0.3, -0.25) is 4.79 Å². The van der Waals surface area contributed by atoms with E-state index in [-0.39, 0.29) is 11.7 Å². The summed E-state index contributed by atoms with van der Waals surface area (Å²) >= 11 is 1.53. The summed E-state index contributed by atoms with van der Waals surface area (Å²) in [5.41, 5.74) is 1.98. The Kier molecular flexibility index (Phi) is 6.07. The largest absolute Gasteiger partial charge is 0.311 e. The maximum atomic E-state index is 12.9. The number of nitrogens with one attached hydrogen (secondary N) is 1. The molecule has 0 atom stereocenters. The maximum Gasteiger partial charge on any atom is 0.226 e. The highest BCUT2D eigenvalue weighted by atomic mass is 32.2. The molecule has 4 nitrogen and oxygen atoms in total. The molecule has 0 spiro atoms. The summed E-state index contributed by atoms with van der Waals surface area (Å²) in [6, 6.07) is 18.2. The van der Waals surface area contributed by atoms with Crippen LogP contribution < -0.4 is 5.32 Å². The van der Waals surface area contributed by atoms with Crippen LogP contribution in [0.4, 0.5) is 10.2 Å². The molecule has 0 aliphatic heterocycles. The number of nitrogens with zero attached hydrogens (tertiary/aromatic N) is 2. The number of halogens is 1. The summed E-state index contributed by atoms with van der Waals surface area (Å²) < 4.78 is 14.7. The van der Waals surface area contributed by atoms with Crippen LogP contribution in [0.15, 0.2) is 65.6 Å². The number of carbonyl (C=O) groups is 1. The molecule has 2 aromatic carbocycles. The zero-order valence-corrected chi connectivity index (χ0v) is 15.3. The fourth-order valence-corrected chi connectivity index (χ4v) is 3.37. The lowest BCUT2D eigenvalue weighted by molar-refractivity contribution is -0.115. The van der Waals surface area contributed by atoms with Gasteiger partial charge < -0.3 is 5.32 Å². The number of anilines is 1. The van der Waals surface area contributed by atoms with Crippen molar-refractivity contribution in [2.24, 2.45) is 0 Å². The summed E-state index contributed by atoms with van der Waals surface area (Å²) in [4.78, 5) is 13.2. The molecular weight excluding hydrogens is 349 g/mol. The summed E-state index contributed by atoms with van der Waals surface area (Å²) in [5, 5.41) is 7.39. The third kappa shape index (κ3) is 5.20. The van der Waals surface area contributed by atoms with Gasteiger partial charge in [-0.15, -0.1) is 11.8 Å². The van der Waals surface area contributed by atoms with E-state index in [0.717, 1.165) is 16.2 Å². The molecule has 3 rings (SSSR count). The van der Waals surface area contributed by atoms with E-state index >= 15 is 0 Å². The van der Waals surface area contributed by atoms with Crippen LogP contribution >= 0.6 is 11.8 Å². The molecule has 0 aliphatic rings. The molecule has 0 unspecified atom stereocenters. The van der Waals surface area contributed by atoms with Gasteiger partial charge in [0.05, 0.1) is 12.2 Å². The van der Waals surface area contributed by atoms with E-state index in [4.69, 9.17) is 0 Å². The van der Waals surface area contributed by atoms with E-state index in [1.54, 1.807) is 16.8 Å². The Bertz CT molecular complexity index is 863. The highest BCUT2D eigenvalue weighted by molar-refractivity contribution is 7.99. The molecule has 26 heavy (non-hydrogen) atoms. The third-order valence-corrected chi connectivity index (χ3v) is 4.77. The lowest BCUT2D eigenvalue weighted by atomic mass is 10.2.